The topological polar surface area (TPSA) is 69.6 Å². The number of rotatable bonds is 8. The average molecular weight is 870 g/mol. The number of aromatic nitrogens is 5. The molecular weight excluding hydrogens is 831 g/mol. The van der Waals surface area contributed by atoms with Gasteiger partial charge in [-0.15, -0.1) is 0 Å². The lowest BCUT2D eigenvalue weighted by molar-refractivity contribution is 0.670. The highest BCUT2D eigenvalue weighted by Crippen LogP contribution is 2.43. The molecule has 6 nitrogen and oxygen atoms in total. The molecule has 0 N–H and O–H groups in total. The minimum absolute atomic E-state index is 0.506. The molecule has 13 rings (SSSR count). The lowest BCUT2D eigenvalue weighted by atomic mass is 9.92. The van der Waals surface area contributed by atoms with Crippen LogP contribution in [0.4, 0.5) is 0 Å². The number of hydrogen-bond acceptors (Lipinski definition) is 5. The summed E-state index contributed by atoms with van der Waals surface area (Å²) in [5.41, 5.74) is 15.4. The van der Waals surface area contributed by atoms with E-state index in [-0.39, 0.29) is 0 Å². The number of fused-ring (bicyclic) bond motifs is 6. The first kappa shape index (κ1) is 39.1. The van der Waals surface area contributed by atoms with Crippen molar-refractivity contribution in [3.63, 3.8) is 0 Å². The lowest BCUT2D eigenvalue weighted by Crippen LogP contribution is -2.02. The van der Waals surface area contributed by atoms with E-state index in [2.05, 4.69) is 174 Å². The van der Waals surface area contributed by atoms with Crippen molar-refractivity contribution in [2.45, 2.75) is 0 Å². The average Bonchev–Trinajstić information content (AvgIpc) is 3.96. The van der Waals surface area contributed by atoms with Gasteiger partial charge in [0, 0.05) is 61.2 Å². The van der Waals surface area contributed by atoms with Crippen LogP contribution in [-0.4, -0.2) is 24.5 Å². The number of furan rings is 1. The van der Waals surface area contributed by atoms with Gasteiger partial charge in [-0.1, -0.05) is 170 Å². The molecule has 0 saturated carbocycles. The fourth-order valence-corrected chi connectivity index (χ4v) is 9.63. The van der Waals surface area contributed by atoms with E-state index in [1.54, 1.807) is 0 Å². The van der Waals surface area contributed by atoms with Gasteiger partial charge in [0.1, 0.15) is 11.2 Å². The molecule has 0 aliphatic rings. The zero-order chi connectivity index (χ0) is 45.0. The minimum atomic E-state index is 0.506. The van der Waals surface area contributed by atoms with Gasteiger partial charge >= 0.3 is 0 Å². The maximum atomic E-state index is 7.03. The number of para-hydroxylation sites is 3. The van der Waals surface area contributed by atoms with Crippen LogP contribution in [0.2, 0.25) is 0 Å². The van der Waals surface area contributed by atoms with Crippen LogP contribution in [0, 0.1) is 0 Å². The molecule has 13 aromatic rings. The first-order valence-electron chi connectivity index (χ1n) is 22.8. The molecule has 6 heteroatoms. The third-order valence-corrected chi connectivity index (χ3v) is 12.9. The Morgan fingerprint density at radius 1 is 0.324 bits per heavy atom. The van der Waals surface area contributed by atoms with E-state index in [4.69, 9.17) is 24.4 Å². The molecule has 68 heavy (non-hydrogen) atoms. The van der Waals surface area contributed by atoms with Crippen LogP contribution in [0.3, 0.4) is 0 Å². The fraction of sp³-hybridized carbons (Fsp3) is 0. The summed E-state index contributed by atoms with van der Waals surface area (Å²) < 4.78 is 9.37. The second-order valence-electron chi connectivity index (χ2n) is 17.0. The Kier molecular flexibility index (Phi) is 9.39. The van der Waals surface area contributed by atoms with Crippen molar-refractivity contribution in [2.24, 2.45) is 0 Å². The highest BCUT2D eigenvalue weighted by Gasteiger charge is 2.23. The van der Waals surface area contributed by atoms with Crippen molar-refractivity contribution in [1.82, 2.24) is 24.5 Å². The molecule has 4 heterocycles. The molecule has 318 valence electrons. The standard InChI is InChI=1S/C62H39N5O/c1-6-19-40(20-7-1)44-33-45(41-21-8-2-9-22-41)35-46(34-44)47-36-54(62-65-60(42-23-10-3-11-24-42)64-61(66-62)43-25-12-4-13-26-43)58(63-39-47)51-31-18-30-50-53-37-56-52(38-57(53)68-59(50)51)49-29-16-17-32-55(49)67(56)48-27-14-5-15-28-48/h1-39H. The maximum absolute atomic E-state index is 7.03. The van der Waals surface area contributed by atoms with Crippen LogP contribution in [0.15, 0.2) is 241 Å². The zero-order valence-electron chi connectivity index (χ0n) is 36.7. The van der Waals surface area contributed by atoms with Crippen LogP contribution in [0.5, 0.6) is 0 Å². The molecule has 0 radical (unpaired) electrons. The quantitative estimate of drug-likeness (QED) is 0.152. The molecular formula is C62H39N5O. The SMILES string of the molecule is c1ccc(-c2cc(-c3ccccc3)cc(-c3cnc(-c4cccc5c4oc4cc6c7ccccc7n(-c7ccccc7)c6cc45)c(-c4nc(-c5ccccc5)nc(-c5ccccc5)n4)c3)c2)cc1. The van der Waals surface area contributed by atoms with E-state index in [0.717, 1.165) is 99.7 Å². The minimum Gasteiger partial charge on any atom is -0.455 e. The van der Waals surface area contributed by atoms with Crippen molar-refractivity contribution < 1.29 is 4.42 Å². The van der Waals surface area contributed by atoms with Gasteiger partial charge < -0.3 is 8.98 Å². The number of hydrogen-bond donors (Lipinski definition) is 0. The van der Waals surface area contributed by atoms with Crippen molar-refractivity contribution in [3.05, 3.63) is 237 Å². The summed E-state index contributed by atoms with van der Waals surface area (Å²) in [6.07, 6.45) is 1.97. The monoisotopic (exact) mass is 869 g/mol. The van der Waals surface area contributed by atoms with Gasteiger partial charge in [-0.2, -0.15) is 0 Å². The lowest BCUT2D eigenvalue weighted by Gasteiger charge is -2.15. The van der Waals surface area contributed by atoms with Crippen LogP contribution in [-0.2, 0) is 0 Å². The largest absolute Gasteiger partial charge is 0.455 e. The third kappa shape index (κ3) is 6.82. The van der Waals surface area contributed by atoms with Crippen molar-refractivity contribution >= 4 is 43.7 Å². The molecule has 0 saturated heterocycles. The van der Waals surface area contributed by atoms with E-state index >= 15 is 0 Å². The molecule has 0 bridgehead atoms. The van der Waals surface area contributed by atoms with Crippen LogP contribution in [0.25, 0.3) is 128 Å². The van der Waals surface area contributed by atoms with Gasteiger partial charge in [-0.05, 0) is 88.5 Å². The summed E-state index contributed by atoms with van der Waals surface area (Å²) in [6, 6.07) is 80.1. The summed E-state index contributed by atoms with van der Waals surface area (Å²) in [5.74, 6) is 1.65. The highest BCUT2D eigenvalue weighted by molar-refractivity contribution is 6.18. The van der Waals surface area contributed by atoms with Gasteiger partial charge in [0.15, 0.2) is 17.5 Å². The molecule has 0 aliphatic carbocycles. The highest BCUT2D eigenvalue weighted by atomic mass is 16.3. The Morgan fingerprint density at radius 2 is 0.838 bits per heavy atom. The Labute approximate surface area is 392 Å². The molecule has 0 unspecified atom stereocenters. The second kappa shape index (κ2) is 16.3. The van der Waals surface area contributed by atoms with E-state index in [9.17, 15) is 0 Å². The summed E-state index contributed by atoms with van der Waals surface area (Å²) in [4.78, 5) is 21.0. The number of nitrogens with zero attached hydrogens (tertiary/aromatic N) is 5. The first-order chi connectivity index (χ1) is 33.7. The Bertz CT molecular complexity index is 3880. The predicted octanol–water partition coefficient (Wildman–Crippen LogP) is 15.9. The Morgan fingerprint density at radius 3 is 1.46 bits per heavy atom. The summed E-state index contributed by atoms with van der Waals surface area (Å²) >= 11 is 0. The van der Waals surface area contributed by atoms with Gasteiger partial charge in [-0.25, -0.2) is 15.0 Å². The van der Waals surface area contributed by atoms with Crippen molar-refractivity contribution in [2.75, 3.05) is 0 Å². The molecule has 4 aromatic heterocycles. The number of benzene rings is 9. The van der Waals surface area contributed by atoms with E-state index < -0.39 is 0 Å². The summed E-state index contributed by atoms with van der Waals surface area (Å²) in [6.45, 7) is 0. The van der Waals surface area contributed by atoms with Gasteiger partial charge in [-0.3, -0.25) is 4.98 Å². The van der Waals surface area contributed by atoms with Gasteiger partial charge in [0.2, 0.25) is 0 Å². The maximum Gasteiger partial charge on any atom is 0.166 e. The zero-order valence-corrected chi connectivity index (χ0v) is 36.7. The van der Waals surface area contributed by atoms with Crippen molar-refractivity contribution in [1.29, 1.82) is 0 Å². The Balaban J connectivity index is 1.07. The number of pyridine rings is 1. The fourth-order valence-electron chi connectivity index (χ4n) is 9.63. The second-order valence-corrected chi connectivity index (χ2v) is 17.0. The summed E-state index contributed by atoms with van der Waals surface area (Å²) in [5, 5.41) is 4.31. The summed E-state index contributed by atoms with van der Waals surface area (Å²) in [7, 11) is 0. The molecule has 9 aromatic carbocycles. The molecule has 0 spiro atoms. The van der Waals surface area contributed by atoms with E-state index in [0.29, 0.717) is 23.2 Å². The predicted molar refractivity (Wildman–Crippen MR) is 277 cm³/mol. The van der Waals surface area contributed by atoms with Crippen LogP contribution in [0.1, 0.15) is 0 Å². The third-order valence-electron chi connectivity index (χ3n) is 12.9. The molecule has 0 aliphatic heterocycles. The van der Waals surface area contributed by atoms with Gasteiger partial charge in [0.05, 0.1) is 16.7 Å². The van der Waals surface area contributed by atoms with Crippen LogP contribution < -0.4 is 0 Å². The van der Waals surface area contributed by atoms with Gasteiger partial charge in [0.25, 0.3) is 0 Å². The Hall–Kier alpha value is -9.26. The van der Waals surface area contributed by atoms with Crippen LogP contribution >= 0.6 is 0 Å². The van der Waals surface area contributed by atoms with E-state index in [1.807, 2.05) is 66.9 Å². The normalized spacial score (nSPS) is 11.5. The smallest absolute Gasteiger partial charge is 0.166 e. The first-order valence-corrected chi connectivity index (χ1v) is 22.8. The molecule has 0 atom stereocenters. The van der Waals surface area contributed by atoms with Crippen molar-refractivity contribution in [3.8, 4) is 84.5 Å². The molecule has 0 amide bonds. The van der Waals surface area contributed by atoms with E-state index in [1.165, 1.54) is 5.39 Å². The molecule has 0 fully saturated rings.